The van der Waals surface area contributed by atoms with Gasteiger partial charge in [-0.1, -0.05) is 48.3 Å². The molecular weight excluding hydrogens is 456 g/mol. The number of benzene rings is 2. The molecule has 1 aliphatic heterocycles. The van der Waals surface area contributed by atoms with Crippen molar-refractivity contribution in [2.75, 3.05) is 11.5 Å². The van der Waals surface area contributed by atoms with E-state index in [9.17, 15) is 19.5 Å². The maximum absolute atomic E-state index is 13.6. The number of hydrogen-bond donors (Lipinski definition) is 1. The van der Waals surface area contributed by atoms with E-state index < -0.39 is 17.9 Å². The van der Waals surface area contributed by atoms with E-state index in [0.717, 1.165) is 11.3 Å². The number of rotatable bonds is 5. The number of phenolic OH excluding ortho intramolecular Hbond substituents is 1. The number of ether oxygens (including phenoxy) is 1. The van der Waals surface area contributed by atoms with E-state index in [2.05, 4.69) is 11.6 Å². The number of aryl methyl sites for hydroxylation is 1. The molecular formula is C25H18N2O6S. The lowest BCUT2D eigenvalue weighted by Gasteiger charge is -2.22. The van der Waals surface area contributed by atoms with Crippen molar-refractivity contribution < 1.29 is 23.8 Å². The highest BCUT2D eigenvalue weighted by Gasteiger charge is 2.45. The van der Waals surface area contributed by atoms with Crippen molar-refractivity contribution in [3.05, 3.63) is 98.9 Å². The first-order valence-corrected chi connectivity index (χ1v) is 11.2. The highest BCUT2D eigenvalue weighted by atomic mass is 32.1. The van der Waals surface area contributed by atoms with Gasteiger partial charge in [0.05, 0.1) is 22.7 Å². The third-order valence-electron chi connectivity index (χ3n) is 5.50. The van der Waals surface area contributed by atoms with Gasteiger partial charge in [-0.05, 0) is 36.8 Å². The fourth-order valence-electron chi connectivity index (χ4n) is 3.96. The number of carbonyl (C=O) groups excluding carboxylic acids is 2. The van der Waals surface area contributed by atoms with Gasteiger partial charge in [-0.2, -0.15) is 0 Å². The third-order valence-corrected chi connectivity index (χ3v) is 6.63. The topological polar surface area (TPSA) is 110 Å². The largest absolute Gasteiger partial charge is 0.508 e. The fraction of sp³-hybridized carbons (Fsp3) is 0.120. The molecule has 170 valence electrons. The van der Waals surface area contributed by atoms with Crippen LogP contribution in [-0.4, -0.2) is 28.6 Å². The Hall–Kier alpha value is -4.24. The lowest BCUT2D eigenvalue weighted by molar-refractivity contribution is 0.0554. The summed E-state index contributed by atoms with van der Waals surface area (Å²) in [5.74, 6) is -1.16. The lowest BCUT2D eigenvalue weighted by Crippen LogP contribution is -2.29. The van der Waals surface area contributed by atoms with Crippen LogP contribution in [0, 0.1) is 6.92 Å². The highest BCUT2D eigenvalue weighted by molar-refractivity contribution is 7.17. The number of nitrogens with zero attached hydrogens (tertiary/aromatic N) is 2. The Morgan fingerprint density at radius 3 is 2.71 bits per heavy atom. The van der Waals surface area contributed by atoms with Crippen molar-refractivity contribution in [3.8, 4) is 5.75 Å². The number of aromatic nitrogens is 1. The maximum Gasteiger partial charge on any atom is 0.350 e. The Bertz CT molecular complexity index is 1520. The quantitative estimate of drug-likeness (QED) is 0.338. The predicted octanol–water partition coefficient (Wildman–Crippen LogP) is 4.36. The molecule has 3 heterocycles. The zero-order valence-corrected chi connectivity index (χ0v) is 18.8. The minimum Gasteiger partial charge on any atom is -0.508 e. The van der Waals surface area contributed by atoms with E-state index in [4.69, 9.17) is 9.15 Å². The second-order valence-electron chi connectivity index (χ2n) is 7.64. The summed E-state index contributed by atoms with van der Waals surface area (Å²) in [6.07, 6.45) is 1.46. The van der Waals surface area contributed by atoms with E-state index >= 15 is 0 Å². The van der Waals surface area contributed by atoms with Gasteiger partial charge in [0.2, 0.25) is 5.76 Å². The summed E-state index contributed by atoms with van der Waals surface area (Å²) in [7, 11) is 0. The molecule has 8 nitrogen and oxygen atoms in total. The van der Waals surface area contributed by atoms with E-state index in [1.165, 1.54) is 23.1 Å². The van der Waals surface area contributed by atoms with Gasteiger partial charge in [0.15, 0.2) is 10.6 Å². The molecule has 9 heteroatoms. The average molecular weight is 474 g/mol. The summed E-state index contributed by atoms with van der Waals surface area (Å²) in [5, 5.41) is 10.3. The Labute approximate surface area is 197 Å². The van der Waals surface area contributed by atoms with Crippen LogP contribution in [0.15, 0.2) is 70.4 Å². The Morgan fingerprint density at radius 1 is 1.24 bits per heavy atom. The number of carbonyl (C=O) groups is 2. The predicted molar refractivity (Wildman–Crippen MR) is 127 cm³/mol. The molecule has 2 aromatic heterocycles. The van der Waals surface area contributed by atoms with Crippen LogP contribution in [0.3, 0.4) is 0 Å². The zero-order chi connectivity index (χ0) is 24.0. The van der Waals surface area contributed by atoms with E-state index in [1.54, 1.807) is 43.3 Å². The molecule has 0 fully saturated rings. The number of anilines is 1. The van der Waals surface area contributed by atoms with Crippen LogP contribution >= 0.6 is 11.3 Å². The van der Waals surface area contributed by atoms with Gasteiger partial charge in [0, 0.05) is 0 Å². The van der Waals surface area contributed by atoms with Crippen molar-refractivity contribution in [2.24, 2.45) is 0 Å². The first kappa shape index (κ1) is 21.6. The maximum atomic E-state index is 13.6. The molecule has 0 saturated heterocycles. The molecule has 0 unspecified atom stereocenters. The van der Waals surface area contributed by atoms with E-state index in [1.807, 2.05) is 0 Å². The lowest BCUT2D eigenvalue weighted by atomic mass is 9.98. The van der Waals surface area contributed by atoms with Crippen molar-refractivity contribution in [1.29, 1.82) is 0 Å². The standard InChI is InChI=1S/C25H18N2O6S/c1-3-12-32-24(31)22-13(2)26-25(34-22)27-19(14-8-10-15(28)11-9-14)18-20(29)16-6-4-5-7-17(16)33-21(18)23(27)30/h3-11,19,28H,1,12H2,2H3/t19-/m0/s1. The average Bonchev–Trinajstić information content (AvgIpc) is 3.36. The molecule has 0 radical (unpaired) electrons. The van der Waals surface area contributed by atoms with Gasteiger partial charge in [0.25, 0.3) is 5.91 Å². The molecule has 2 aromatic carbocycles. The van der Waals surface area contributed by atoms with Crippen molar-refractivity contribution in [2.45, 2.75) is 13.0 Å². The molecule has 0 bridgehead atoms. The van der Waals surface area contributed by atoms with Crippen molar-refractivity contribution in [3.63, 3.8) is 0 Å². The van der Waals surface area contributed by atoms with Crippen LogP contribution in [0.1, 0.15) is 43.1 Å². The van der Waals surface area contributed by atoms with Crippen LogP contribution in [-0.2, 0) is 4.74 Å². The van der Waals surface area contributed by atoms with Gasteiger partial charge in [0.1, 0.15) is 22.8 Å². The summed E-state index contributed by atoms with van der Waals surface area (Å²) >= 11 is 0.993. The van der Waals surface area contributed by atoms with Gasteiger partial charge in [-0.25, -0.2) is 9.78 Å². The van der Waals surface area contributed by atoms with Crippen molar-refractivity contribution >= 4 is 39.3 Å². The molecule has 1 aliphatic rings. The Kier molecular flexibility index (Phi) is 5.25. The van der Waals surface area contributed by atoms with Gasteiger partial charge >= 0.3 is 5.97 Å². The molecule has 1 amide bonds. The summed E-state index contributed by atoms with van der Waals surface area (Å²) < 4.78 is 11.0. The summed E-state index contributed by atoms with van der Waals surface area (Å²) in [6.45, 7) is 5.22. The van der Waals surface area contributed by atoms with E-state index in [0.29, 0.717) is 22.2 Å². The molecule has 0 spiro atoms. The number of aromatic hydroxyl groups is 1. The third kappa shape index (κ3) is 3.37. The first-order chi connectivity index (χ1) is 16.4. The molecule has 5 rings (SSSR count). The second kappa shape index (κ2) is 8.27. The number of fused-ring (bicyclic) bond motifs is 2. The molecule has 1 atom stereocenters. The molecule has 0 saturated carbocycles. The smallest absolute Gasteiger partial charge is 0.350 e. The van der Waals surface area contributed by atoms with Gasteiger partial charge in [-0.3, -0.25) is 14.5 Å². The summed E-state index contributed by atoms with van der Waals surface area (Å²) in [5.41, 5.74) is 1.13. The fourth-order valence-corrected chi connectivity index (χ4v) is 4.95. The van der Waals surface area contributed by atoms with Gasteiger partial charge < -0.3 is 14.3 Å². The molecule has 4 aromatic rings. The van der Waals surface area contributed by atoms with Crippen LogP contribution in [0.2, 0.25) is 0 Å². The number of thiazole rings is 1. The summed E-state index contributed by atoms with van der Waals surface area (Å²) in [4.78, 5) is 45.6. The molecule has 0 aliphatic carbocycles. The van der Waals surface area contributed by atoms with Crippen molar-refractivity contribution in [1.82, 2.24) is 4.98 Å². The number of esters is 1. The SMILES string of the molecule is C=CCOC(=O)c1sc(N2C(=O)c3oc4ccccc4c(=O)c3[C@@H]2c2ccc(O)cc2)nc1C. The monoisotopic (exact) mass is 474 g/mol. The van der Waals surface area contributed by atoms with Crippen LogP contribution in [0.5, 0.6) is 5.75 Å². The highest BCUT2D eigenvalue weighted by Crippen LogP contribution is 2.43. The number of phenols is 1. The minimum atomic E-state index is -0.855. The zero-order valence-electron chi connectivity index (χ0n) is 18.0. The molecule has 34 heavy (non-hydrogen) atoms. The van der Waals surface area contributed by atoms with Crippen LogP contribution in [0.4, 0.5) is 5.13 Å². The molecule has 1 N–H and O–H groups in total. The van der Waals surface area contributed by atoms with Crippen LogP contribution < -0.4 is 10.3 Å². The second-order valence-corrected chi connectivity index (χ2v) is 8.62. The summed E-state index contributed by atoms with van der Waals surface area (Å²) in [6, 6.07) is 12.1. The Balaban J connectivity index is 1.71. The van der Waals surface area contributed by atoms with Gasteiger partial charge in [-0.15, -0.1) is 0 Å². The van der Waals surface area contributed by atoms with E-state index in [-0.39, 0.29) is 39.1 Å². The first-order valence-electron chi connectivity index (χ1n) is 10.3. The van der Waals surface area contributed by atoms with Crippen LogP contribution in [0.25, 0.3) is 11.0 Å². The minimum absolute atomic E-state index is 0.0424. The number of amides is 1. The normalized spacial score (nSPS) is 14.9. The Morgan fingerprint density at radius 2 is 1.97 bits per heavy atom. The number of para-hydroxylation sites is 1. The number of hydrogen-bond acceptors (Lipinski definition) is 8.